The van der Waals surface area contributed by atoms with Crippen molar-refractivity contribution >= 4 is 62.7 Å². The van der Waals surface area contributed by atoms with E-state index in [1.807, 2.05) is 42.6 Å². The van der Waals surface area contributed by atoms with Crippen molar-refractivity contribution in [1.29, 1.82) is 0 Å². The highest BCUT2D eigenvalue weighted by Gasteiger charge is 2.27. The van der Waals surface area contributed by atoms with E-state index in [0.717, 1.165) is 57.4 Å². The quantitative estimate of drug-likeness (QED) is 0.195. The summed E-state index contributed by atoms with van der Waals surface area (Å²) in [6.07, 6.45) is 11.9. The summed E-state index contributed by atoms with van der Waals surface area (Å²) >= 11 is 9.93. The van der Waals surface area contributed by atoms with Crippen molar-refractivity contribution in [3.63, 3.8) is 0 Å². The van der Waals surface area contributed by atoms with Gasteiger partial charge in [-0.2, -0.15) is 0 Å². The summed E-state index contributed by atoms with van der Waals surface area (Å²) in [4.78, 5) is 19.6. The molecule has 5 nitrogen and oxygen atoms in total. The molecule has 0 atom stereocenters. The van der Waals surface area contributed by atoms with Crippen molar-refractivity contribution in [3.05, 3.63) is 72.1 Å². The van der Waals surface area contributed by atoms with Crippen LogP contribution >= 0.6 is 45.5 Å². The van der Waals surface area contributed by atoms with E-state index < -0.39 is 0 Å². The molecule has 2 aliphatic rings. The van der Waals surface area contributed by atoms with Crippen molar-refractivity contribution in [2.45, 2.75) is 70.4 Å². The van der Waals surface area contributed by atoms with Crippen LogP contribution in [0.25, 0.3) is 0 Å². The Balaban J connectivity index is 1.37. The summed E-state index contributed by atoms with van der Waals surface area (Å²) in [7, 11) is 1.64. The number of rotatable bonds is 8. The van der Waals surface area contributed by atoms with Gasteiger partial charge < -0.3 is 14.8 Å². The number of nitrogens with one attached hydrogen (secondary N) is 1. The van der Waals surface area contributed by atoms with E-state index in [1.165, 1.54) is 36.1 Å². The Kier molecular flexibility index (Phi) is 9.28. The number of benzene rings is 2. The predicted octanol–water partition coefficient (Wildman–Crippen LogP) is 8.29. The highest BCUT2D eigenvalue weighted by molar-refractivity contribution is 14.1. The number of fused-ring (bicyclic) bond motifs is 1. The average molecular weight is 663 g/mol. The van der Waals surface area contributed by atoms with Crippen LogP contribution in [0.3, 0.4) is 0 Å². The molecule has 0 aliphatic heterocycles. The molecule has 1 fully saturated rings. The number of aliphatic imine (C=N–C) groups is 1. The molecule has 8 heteroatoms. The average Bonchev–Trinajstić information content (AvgIpc) is 3.31. The van der Waals surface area contributed by atoms with Crippen molar-refractivity contribution in [1.82, 2.24) is 5.32 Å². The van der Waals surface area contributed by atoms with Crippen molar-refractivity contribution in [2.24, 2.45) is 4.99 Å². The topological polar surface area (TPSA) is 59.9 Å². The number of hydrogen-bond donors (Lipinski definition) is 1. The molecule has 0 radical (unpaired) electrons. The van der Waals surface area contributed by atoms with E-state index >= 15 is 0 Å². The fourth-order valence-corrected chi connectivity index (χ4v) is 7.34. The maximum atomic E-state index is 13.5. The molecule has 200 valence electrons. The van der Waals surface area contributed by atoms with Gasteiger partial charge in [0.25, 0.3) is 5.91 Å². The predicted molar refractivity (Wildman–Crippen MR) is 164 cm³/mol. The molecular formula is C30H32ClIN2O3S. The molecule has 1 aromatic heterocycles. The van der Waals surface area contributed by atoms with Gasteiger partial charge in [0.15, 0.2) is 11.5 Å². The van der Waals surface area contributed by atoms with Crippen LogP contribution in [-0.2, 0) is 19.4 Å². The Hall–Kier alpha value is -2.10. The van der Waals surface area contributed by atoms with Crippen LogP contribution in [0.1, 0.15) is 76.9 Å². The third kappa shape index (κ3) is 6.54. The molecule has 1 saturated carbocycles. The van der Waals surface area contributed by atoms with Gasteiger partial charge in [0.05, 0.1) is 16.2 Å². The fraction of sp³-hybridized carbons (Fsp3) is 0.400. The number of carbonyl (C=O) groups excluding carboxylic acids is 1. The Bertz CT molecular complexity index is 1320. The normalized spacial score (nSPS) is 15.9. The van der Waals surface area contributed by atoms with Gasteiger partial charge >= 0.3 is 0 Å². The Morgan fingerprint density at radius 2 is 1.89 bits per heavy atom. The van der Waals surface area contributed by atoms with Crippen LogP contribution in [0.5, 0.6) is 11.5 Å². The first-order chi connectivity index (χ1) is 18.5. The number of nitrogens with zero attached hydrogens (tertiary/aromatic N) is 1. The first kappa shape index (κ1) is 27.5. The van der Waals surface area contributed by atoms with Crippen LogP contribution < -0.4 is 14.8 Å². The lowest BCUT2D eigenvalue weighted by Gasteiger charge is -2.23. The van der Waals surface area contributed by atoms with E-state index in [4.69, 9.17) is 26.1 Å². The summed E-state index contributed by atoms with van der Waals surface area (Å²) in [5, 5.41) is 4.83. The Labute approximate surface area is 247 Å². The zero-order valence-electron chi connectivity index (χ0n) is 21.5. The number of amides is 1. The molecular weight excluding hydrogens is 631 g/mol. The standard InChI is InChI=1S/C30H32ClIN2O3S/c1-36-25-16-20(15-24(32)28(25)37-18-19-11-13-21(31)14-12-19)17-33-30-27(23-9-5-6-10-26(23)38-30)29(35)34-22-7-3-2-4-8-22/h11-17,22H,2-10,18H2,1H3,(H,34,35). The van der Waals surface area contributed by atoms with Gasteiger partial charge in [-0.15, -0.1) is 11.3 Å². The van der Waals surface area contributed by atoms with Crippen molar-refractivity contribution < 1.29 is 14.3 Å². The maximum Gasteiger partial charge on any atom is 0.254 e. The second-order valence-electron chi connectivity index (χ2n) is 9.91. The maximum absolute atomic E-state index is 13.5. The van der Waals surface area contributed by atoms with Gasteiger partial charge in [-0.05, 0) is 102 Å². The molecule has 2 aromatic carbocycles. The number of aryl methyl sites for hydroxylation is 1. The third-order valence-electron chi connectivity index (χ3n) is 7.20. The number of methoxy groups -OCH3 is 1. The molecule has 3 aromatic rings. The number of halogens is 2. The van der Waals surface area contributed by atoms with E-state index in [9.17, 15) is 4.79 Å². The lowest BCUT2D eigenvalue weighted by molar-refractivity contribution is 0.0927. The zero-order chi connectivity index (χ0) is 26.5. The zero-order valence-corrected chi connectivity index (χ0v) is 25.3. The van der Waals surface area contributed by atoms with Crippen LogP contribution in [0, 0.1) is 3.57 Å². The molecule has 2 aliphatic carbocycles. The second kappa shape index (κ2) is 12.8. The largest absolute Gasteiger partial charge is 0.493 e. The van der Waals surface area contributed by atoms with Gasteiger partial charge in [0.1, 0.15) is 11.6 Å². The lowest BCUT2D eigenvalue weighted by atomic mass is 9.93. The van der Waals surface area contributed by atoms with E-state index in [2.05, 4.69) is 27.9 Å². The monoisotopic (exact) mass is 662 g/mol. The summed E-state index contributed by atoms with van der Waals surface area (Å²) in [6, 6.07) is 11.8. The minimum Gasteiger partial charge on any atom is -0.493 e. The van der Waals surface area contributed by atoms with Crippen molar-refractivity contribution in [2.75, 3.05) is 7.11 Å². The summed E-state index contributed by atoms with van der Waals surface area (Å²) in [6.45, 7) is 0.414. The SMILES string of the molecule is COc1cc(C=Nc2sc3c(c2C(=O)NC2CCCCC2)CCCC3)cc(I)c1OCc1ccc(Cl)cc1. The molecule has 1 amide bonds. The molecule has 0 unspecified atom stereocenters. The first-order valence-corrected chi connectivity index (χ1v) is 15.5. The molecule has 38 heavy (non-hydrogen) atoms. The minimum atomic E-state index is 0.0431. The second-order valence-corrected chi connectivity index (χ2v) is 12.6. The van der Waals surface area contributed by atoms with E-state index in [1.54, 1.807) is 18.4 Å². The molecule has 5 rings (SSSR count). The Morgan fingerprint density at radius 3 is 2.66 bits per heavy atom. The van der Waals surface area contributed by atoms with E-state index in [0.29, 0.717) is 23.1 Å². The number of ether oxygens (including phenoxy) is 2. The smallest absolute Gasteiger partial charge is 0.254 e. The van der Waals surface area contributed by atoms with Gasteiger partial charge in [-0.25, -0.2) is 4.99 Å². The number of hydrogen-bond acceptors (Lipinski definition) is 5. The number of carbonyl (C=O) groups is 1. The first-order valence-electron chi connectivity index (χ1n) is 13.3. The minimum absolute atomic E-state index is 0.0431. The lowest BCUT2D eigenvalue weighted by Crippen LogP contribution is -2.36. The summed E-state index contributed by atoms with van der Waals surface area (Å²) in [5.41, 5.74) is 3.92. The Morgan fingerprint density at radius 1 is 1.13 bits per heavy atom. The third-order valence-corrected chi connectivity index (χ3v) is 9.45. The van der Waals surface area contributed by atoms with Gasteiger partial charge in [0, 0.05) is 22.2 Å². The van der Waals surface area contributed by atoms with Gasteiger partial charge in [0.2, 0.25) is 0 Å². The molecule has 0 bridgehead atoms. The highest BCUT2D eigenvalue weighted by Crippen LogP contribution is 2.40. The van der Waals surface area contributed by atoms with Crippen LogP contribution in [-0.4, -0.2) is 25.3 Å². The number of thiophene rings is 1. The van der Waals surface area contributed by atoms with Crippen LogP contribution in [0.4, 0.5) is 5.00 Å². The van der Waals surface area contributed by atoms with Gasteiger partial charge in [-0.3, -0.25) is 4.79 Å². The molecule has 1 heterocycles. The van der Waals surface area contributed by atoms with Crippen LogP contribution in [0.15, 0.2) is 41.4 Å². The summed E-state index contributed by atoms with van der Waals surface area (Å²) < 4.78 is 12.7. The van der Waals surface area contributed by atoms with E-state index in [-0.39, 0.29) is 11.9 Å². The van der Waals surface area contributed by atoms with Crippen molar-refractivity contribution in [3.8, 4) is 11.5 Å². The molecule has 0 saturated heterocycles. The van der Waals surface area contributed by atoms with Crippen LogP contribution in [0.2, 0.25) is 5.02 Å². The summed E-state index contributed by atoms with van der Waals surface area (Å²) in [5.74, 6) is 1.38. The highest BCUT2D eigenvalue weighted by atomic mass is 127. The van der Waals surface area contributed by atoms with Gasteiger partial charge in [-0.1, -0.05) is 43.0 Å². The molecule has 1 N–H and O–H groups in total. The fourth-order valence-electron chi connectivity index (χ4n) is 5.20. The molecule has 0 spiro atoms.